The zero-order valence-electron chi connectivity index (χ0n) is 9.14. The molecule has 7 heteroatoms. The highest BCUT2D eigenvalue weighted by atomic mass is 31.2. The van der Waals surface area contributed by atoms with Crippen LogP contribution in [0.3, 0.4) is 0 Å². The molecule has 2 atom stereocenters. The molecule has 1 aliphatic heterocycles. The van der Waals surface area contributed by atoms with Gasteiger partial charge in [-0.3, -0.25) is 4.57 Å². The van der Waals surface area contributed by atoms with E-state index >= 15 is 0 Å². The maximum Gasteiger partial charge on any atom is 0.229 e. The van der Waals surface area contributed by atoms with Crippen molar-refractivity contribution >= 4 is 13.3 Å². The molecular formula is C8H19N2O4P. The third-order valence-electron chi connectivity index (χ3n) is 1.50. The number of hydrogen-bond acceptors (Lipinski definition) is 5. The van der Waals surface area contributed by atoms with E-state index in [1.54, 1.807) is 0 Å². The molecule has 90 valence electrons. The lowest BCUT2D eigenvalue weighted by molar-refractivity contribution is -0.407. The number of aliphatic carboxylic acids is 1. The van der Waals surface area contributed by atoms with Crippen molar-refractivity contribution < 1.29 is 24.7 Å². The highest BCUT2D eigenvalue weighted by molar-refractivity contribution is 7.64. The Labute approximate surface area is 89.4 Å². The van der Waals surface area contributed by atoms with Gasteiger partial charge in [-0.05, 0) is 20.3 Å². The van der Waals surface area contributed by atoms with Crippen molar-refractivity contribution in [3.8, 4) is 0 Å². The number of carboxylic acids is 1. The Bertz CT molecular complexity index is 246. The highest BCUT2D eigenvalue weighted by Crippen LogP contribution is 2.62. The molecule has 1 saturated heterocycles. The summed E-state index contributed by atoms with van der Waals surface area (Å²) in [5.74, 6) is -1.31. The van der Waals surface area contributed by atoms with Crippen LogP contribution in [0.1, 0.15) is 20.3 Å². The Morgan fingerprint density at radius 2 is 2.07 bits per heavy atom. The maximum atomic E-state index is 11.0. The molecule has 5 N–H and O–H groups in total. The molecule has 6 nitrogen and oxygen atoms in total. The minimum atomic E-state index is -2.38. The van der Waals surface area contributed by atoms with Crippen LogP contribution >= 0.6 is 7.37 Å². The standard InChI is InChI=1S/C5H10NO4P.C3H9N/c6-4(5(7)8)1-2-11(9)3-10-11;1-3(2)4/h4H,1-3,6H2,(H,7,8);3H,4H2,1-2H3. The minimum absolute atomic E-state index is 0.166. The molecule has 0 aromatic carbocycles. The topological polar surface area (TPSA) is 123 Å². The lowest BCUT2D eigenvalue weighted by atomic mass is 10.2. The van der Waals surface area contributed by atoms with Gasteiger partial charge >= 0.3 is 0 Å². The van der Waals surface area contributed by atoms with Crippen LogP contribution < -0.4 is 16.6 Å². The van der Waals surface area contributed by atoms with Crippen LogP contribution in [0.5, 0.6) is 0 Å². The Morgan fingerprint density at radius 3 is 2.33 bits per heavy atom. The Morgan fingerprint density at radius 1 is 1.67 bits per heavy atom. The van der Waals surface area contributed by atoms with E-state index in [2.05, 4.69) is 24.1 Å². The molecule has 0 amide bonds. The van der Waals surface area contributed by atoms with Crippen LogP contribution in [-0.2, 0) is 13.9 Å². The molecule has 1 heterocycles. The quantitative estimate of drug-likeness (QED) is 0.449. The van der Waals surface area contributed by atoms with Gasteiger partial charge in [0.2, 0.25) is 7.37 Å². The van der Waals surface area contributed by atoms with Crippen LogP contribution in [0.25, 0.3) is 0 Å². The molecule has 0 saturated carbocycles. The number of carboxylic acid groups (broad SMARTS) is 1. The molecule has 0 aliphatic carbocycles. The summed E-state index contributed by atoms with van der Waals surface area (Å²) in [5, 5.41) is 10.1. The number of hydrogen-bond donors (Lipinski definition) is 2. The predicted molar refractivity (Wildman–Crippen MR) is 54.0 cm³/mol. The molecule has 1 fully saturated rings. The zero-order valence-corrected chi connectivity index (χ0v) is 10.0. The lowest BCUT2D eigenvalue weighted by Gasteiger charge is -2.10. The van der Waals surface area contributed by atoms with E-state index in [1.807, 2.05) is 0 Å². The number of nitrogens with two attached hydrogens (primary N) is 1. The molecular weight excluding hydrogens is 219 g/mol. The smallest absolute Gasteiger partial charge is 0.229 e. The third kappa shape index (κ3) is 8.57. The lowest BCUT2D eigenvalue weighted by Crippen LogP contribution is -2.57. The Hall–Kier alpha value is -0.420. The summed E-state index contributed by atoms with van der Waals surface area (Å²) in [6.07, 6.45) is 0.689. The monoisotopic (exact) mass is 238 g/mol. The summed E-state index contributed by atoms with van der Waals surface area (Å²) >= 11 is 0. The first-order valence-corrected chi connectivity index (χ1v) is 6.78. The van der Waals surface area contributed by atoms with E-state index in [4.69, 9.17) is 5.73 Å². The van der Waals surface area contributed by atoms with Crippen LogP contribution in [-0.4, -0.2) is 30.6 Å². The first-order chi connectivity index (χ1) is 6.77. The van der Waals surface area contributed by atoms with Crippen molar-refractivity contribution in [3.63, 3.8) is 0 Å². The summed E-state index contributed by atoms with van der Waals surface area (Å²) in [4.78, 5) is 10.1. The number of carbonyl (C=O) groups is 1. The summed E-state index contributed by atoms with van der Waals surface area (Å²) in [6.45, 7) is 4.11. The molecule has 2 unspecified atom stereocenters. The number of quaternary nitrogens is 1. The maximum absolute atomic E-state index is 11.0. The fourth-order valence-electron chi connectivity index (χ4n) is 0.647. The summed E-state index contributed by atoms with van der Waals surface area (Å²) in [5.41, 5.74) is 8.75. The fourth-order valence-corrected chi connectivity index (χ4v) is 2.09. The van der Waals surface area contributed by atoms with Crippen LogP contribution in [0, 0.1) is 0 Å². The third-order valence-corrected chi connectivity index (χ3v) is 3.27. The van der Waals surface area contributed by atoms with E-state index in [-0.39, 0.29) is 18.9 Å². The van der Waals surface area contributed by atoms with Crippen LogP contribution in [0.2, 0.25) is 0 Å². The van der Waals surface area contributed by atoms with E-state index in [1.165, 1.54) is 0 Å². The number of rotatable bonds is 4. The van der Waals surface area contributed by atoms with E-state index in [9.17, 15) is 14.5 Å². The average Bonchev–Trinajstić information content (AvgIpc) is 2.79. The Balaban J connectivity index is 0.000000423. The van der Waals surface area contributed by atoms with Crippen LogP contribution in [0.15, 0.2) is 0 Å². The van der Waals surface area contributed by atoms with Gasteiger partial charge in [-0.15, -0.1) is 0 Å². The van der Waals surface area contributed by atoms with Gasteiger partial charge in [0.15, 0.2) is 0 Å². The summed E-state index contributed by atoms with van der Waals surface area (Å²) in [6, 6.07) is -0.440. The fraction of sp³-hybridized carbons (Fsp3) is 0.875. The van der Waals surface area contributed by atoms with Gasteiger partial charge in [-0.2, -0.15) is 0 Å². The van der Waals surface area contributed by atoms with Gasteiger partial charge in [0.25, 0.3) is 0 Å². The average molecular weight is 238 g/mol. The molecule has 1 rings (SSSR count). The second-order valence-electron chi connectivity index (χ2n) is 3.90. The molecule has 0 aromatic rings. The SMILES string of the molecule is CC(C)[NH3+].NC(CCP1(=O)CO1)C(=O)[O-]. The molecule has 0 radical (unpaired) electrons. The van der Waals surface area contributed by atoms with Crippen molar-refractivity contribution in [2.75, 3.05) is 12.5 Å². The number of carbonyl (C=O) groups excluding carboxylic acids is 1. The molecule has 0 spiro atoms. The second-order valence-corrected chi connectivity index (χ2v) is 6.50. The summed E-state index contributed by atoms with van der Waals surface area (Å²) in [7, 11) is -2.38. The van der Waals surface area contributed by atoms with E-state index < -0.39 is 19.4 Å². The molecule has 0 aromatic heterocycles. The van der Waals surface area contributed by atoms with Gasteiger partial charge in [0, 0.05) is 12.2 Å². The largest absolute Gasteiger partial charge is 0.548 e. The molecule has 1 aliphatic rings. The summed E-state index contributed by atoms with van der Waals surface area (Å²) < 4.78 is 15.6. The van der Waals surface area contributed by atoms with Crippen molar-refractivity contribution in [2.45, 2.75) is 32.4 Å². The van der Waals surface area contributed by atoms with Gasteiger partial charge in [-0.25, -0.2) is 0 Å². The Kier molecular flexibility index (Phi) is 6.05. The van der Waals surface area contributed by atoms with Gasteiger partial charge in [-0.1, -0.05) is 0 Å². The van der Waals surface area contributed by atoms with E-state index in [0.717, 1.165) is 0 Å². The molecule has 15 heavy (non-hydrogen) atoms. The van der Waals surface area contributed by atoms with Crippen molar-refractivity contribution in [1.29, 1.82) is 0 Å². The van der Waals surface area contributed by atoms with E-state index in [0.29, 0.717) is 6.04 Å². The van der Waals surface area contributed by atoms with Crippen molar-refractivity contribution in [1.82, 2.24) is 0 Å². The van der Waals surface area contributed by atoms with Gasteiger partial charge in [0.05, 0.1) is 12.0 Å². The normalized spacial score (nSPS) is 25.4. The van der Waals surface area contributed by atoms with Crippen molar-refractivity contribution in [2.24, 2.45) is 5.73 Å². The minimum Gasteiger partial charge on any atom is -0.548 e. The zero-order chi connectivity index (χ0) is 12.1. The van der Waals surface area contributed by atoms with Crippen LogP contribution in [0.4, 0.5) is 0 Å². The van der Waals surface area contributed by atoms with Crippen molar-refractivity contribution in [3.05, 3.63) is 0 Å². The molecule has 0 bridgehead atoms. The second kappa shape index (κ2) is 6.23. The van der Waals surface area contributed by atoms with Gasteiger partial charge in [0.1, 0.15) is 6.35 Å². The predicted octanol–water partition coefficient (Wildman–Crippen LogP) is -1.64. The van der Waals surface area contributed by atoms with Gasteiger partial charge < -0.3 is 25.9 Å². The first kappa shape index (κ1) is 14.6. The highest BCUT2D eigenvalue weighted by Gasteiger charge is 2.37. The first-order valence-electron chi connectivity index (χ1n) is 4.79.